The number of aromatic nitrogens is 2. The molecule has 5 nitrogen and oxygen atoms in total. The van der Waals surface area contributed by atoms with Crippen LogP contribution in [-0.4, -0.2) is 15.4 Å². The Hall–Kier alpha value is -2.70. The first-order valence-corrected chi connectivity index (χ1v) is 8.64. The molecule has 0 aliphatic carbocycles. The van der Waals surface area contributed by atoms with E-state index in [0.29, 0.717) is 21.2 Å². The molecule has 0 amide bonds. The van der Waals surface area contributed by atoms with Gasteiger partial charge in [0.2, 0.25) is 0 Å². The number of ether oxygens (including phenoxy) is 1. The molecule has 0 unspecified atom stereocenters. The summed E-state index contributed by atoms with van der Waals surface area (Å²) in [4.78, 5) is 29.5. The fourth-order valence-corrected chi connectivity index (χ4v) is 3.78. The fourth-order valence-electron chi connectivity index (χ4n) is 2.54. The van der Waals surface area contributed by atoms with Crippen LogP contribution in [0.5, 0.6) is 0 Å². The van der Waals surface area contributed by atoms with Gasteiger partial charge in [-0.2, -0.15) is 0 Å². The average Bonchev–Trinajstić information content (AvgIpc) is 2.98. The van der Waals surface area contributed by atoms with E-state index in [4.69, 9.17) is 16.3 Å². The summed E-state index contributed by atoms with van der Waals surface area (Å²) in [6, 6.07) is 15.5. The zero-order valence-electron chi connectivity index (χ0n) is 12.8. The maximum absolute atomic E-state index is 12.4. The number of halogens is 1. The van der Waals surface area contributed by atoms with E-state index in [1.54, 1.807) is 22.6 Å². The average molecular weight is 371 g/mol. The maximum atomic E-state index is 12.4. The Labute approximate surface area is 151 Å². The number of rotatable bonds is 3. The van der Waals surface area contributed by atoms with Crippen molar-refractivity contribution in [2.24, 2.45) is 0 Å². The van der Waals surface area contributed by atoms with E-state index in [-0.39, 0.29) is 12.2 Å². The molecule has 0 saturated heterocycles. The van der Waals surface area contributed by atoms with Crippen LogP contribution in [0.1, 0.15) is 16.1 Å². The Balaban J connectivity index is 1.63. The van der Waals surface area contributed by atoms with Crippen molar-refractivity contribution in [1.82, 2.24) is 9.38 Å². The van der Waals surface area contributed by atoms with Crippen LogP contribution in [-0.2, 0) is 11.3 Å². The lowest BCUT2D eigenvalue weighted by Crippen LogP contribution is -2.15. The van der Waals surface area contributed by atoms with Gasteiger partial charge in [0, 0.05) is 11.1 Å². The Morgan fingerprint density at radius 2 is 2.00 bits per heavy atom. The van der Waals surface area contributed by atoms with E-state index < -0.39 is 5.97 Å². The Bertz CT molecular complexity index is 1170. The number of esters is 1. The number of nitrogens with zero attached hydrogens (tertiary/aromatic N) is 2. The van der Waals surface area contributed by atoms with Gasteiger partial charge in [0.25, 0.3) is 5.56 Å². The monoisotopic (exact) mass is 370 g/mol. The molecule has 0 atom stereocenters. The first-order valence-electron chi connectivity index (χ1n) is 7.45. The molecule has 0 bridgehead atoms. The molecule has 0 N–H and O–H groups in total. The van der Waals surface area contributed by atoms with Crippen molar-refractivity contribution < 1.29 is 9.53 Å². The molecule has 2 aromatic heterocycles. The van der Waals surface area contributed by atoms with Gasteiger partial charge < -0.3 is 4.74 Å². The van der Waals surface area contributed by atoms with E-state index in [1.165, 1.54) is 23.5 Å². The van der Waals surface area contributed by atoms with Gasteiger partial charge in [-0.15, -0.1) is 0 Å². The highest BCUT2D eigenvalue weighted by Gasteiger charge is 2.12. The second-order valence-corrected chi connectivity index (χ2v) is 6.81. The van der Waals surface area contributed by atoms with Crippen LogP contribution in [0.3, 0.4) is 0 Å². The predicted octanol–water partition coefficient (Wildman–Crippen LogP) is 3.92. The van der Waals surface area contributed by atoms with Crippen molar-refractivity contribution in [2.45, 2.75) is 6.61 Å². The van der Waals surface area contributed by atoms with Crippen LogP contribution in [0.2, 0.25) is 5.02 Å². The van der Waals surface area contributed by atoms with E-state index in [2.05, 4.69) is 4.98 Å². The molecular weight excluding hydrogens is 360 g/mol. The fraction of sp³-hybridized carbons (Fsp3) is 0.0556. The molecule has 0 radical (unpaired) electrons. The number of hydrogen-bond donors (Lipinski definition) is 0. The summed E-state index contributed by atoms with van der Waals surface area (Å²) in [5.74, 6) is -0.513. The van der Waals surface area contributed by atoms with Crippen LogP contribution >= 0.6 is 22.9 Å². The number of carbonyl (C=O) groups is 1. The highest BCUT2D eigenvalue weighted by atomic mass is 35.5. The van der Waals surface area contributed by atoms with Crippen LogP contribution < -0.4 is 5.56 Å². The van der Waals surface area contributed by atoms with Crippen molar-refractivity contribution in [3.05, 3.63) is 81.2 Å². The van der Waals surface area contributed by atoms with Crippen molar-refractivity contribution in [1.29, 1.82) is 0 Å². The first kappa shape index (κ1) is 15.8. The summed E-state index contributed by atoms with van der Waals surface area (Å²) >= 11 is 7.28. The molecule has 0 aliphatic rings. The Morgan fingerprint density at radius 1 is 1.16 bits per heavy atom. The molecule has 2 aromatic carbocycles. The van der Waals surface area contributed by atoms with Crippen molar-refractivity contribution in [2.75, 3.05) is 0 Å². The molecule has 4 rings (SSSR count). The zero-order chi connectivity index (χ0) is 17.4. The first-order chi connectivity index (χ1) is 12.1. The minimum Gasteiger partial charge on any atom is -0.456 e. The van der Waals surface area contributed by atoms with Gasteiger partial charge in [-0.1, -0.05) is 41.1 Å². The quantitative estimate of drug-likeness (QED) is 0.513. The smallest absolute Gasteiger partial charge is 0.338 e. The molecule has 7 heteroatoms. The van der Waals surface area contributed by atoms with Gasteiger partial charge in [-0.05, 0) is 30.3 Å². The number of benzene rings is 2. The molecule has 4 aromatic rings. The van der Waals surface area contributed by atoms with E-state index in [0.717, 1.165) is 10.2 Å². The lowest BCUT2D eigenvalue weighted by atomic mass is 10.2. The summed E-state index contributed by atoms with van der Waals surface area (Å²) in [5, 5.41) is 0.456. The van der Waals surface area contributed by atoms with Gasteiger partial charge >= 0.3 is 5.97 Å². The third-order valence-electron chi connectivity index (χ3n) is 3.66. The second kappa shape index (κ2) is 6.31. The number of carbonyl (C=O) groups excluding carboxylic acids is 1. The van der Waals surface area contributed by atoms with Crippen molar-refractivity contribution in [3.8, 4) is 0 Å². The number of para-hydroxylation sites is 1. The van der Waals surface area contributed by atoms with Crippen molar-refractivity contribution >= 4 is 44.1 Å². The molecule has 25 heavy (non-hydrogen) atoms. The molecule has 0 spiro atoms. The minimum atomic E-state index is -0.513. The largest absolute Gasteiger partial charge is 0.456 e. The molecular formula is C18H11ClN2O3S. The highest BCUT2D eigenvalue weighted by Crippen LogP contribution is 2.23. The lowest BCUT2D eigenvalue weighted by Gasteiger charge is -2.05. The summed E-state index contributed by atoms with van der Waals surface area (Å²) < 4.78 is 7.77. The van der Waals surface area contributed by atoms with Crippen LogP contribution in [0.4, 0.5) is 0 Å². The normalized spacial score (nSPS) is 11.1. The Kier molecular flexibility index (Phi) is 3.99. The zero-order valence-corrected chi connectivity index (χ0v) is 14.4. The molecule has 0 saturated carbocycles. The van der Waals surface area contributed by atoms with E-state index >= 15 is 0 Å². The molecule has 2 heterocycles. The minimum absolute atomic E-state index is 0.0780. The van der Waals surface area contributed by atoms with Crippen LogP contribution in [0, 0.1) is 0 Å². The maximum Gasteiger partial charge on any atom is 0.338 e. The highest BCUT2D eigenvalue weighted by molar-refractivity contribution is 7.23. The third kappa shape index (κ3) is 3.01. The number of fused-ring (bicyclic) bond motifs is 3. The van der Waals surface area contributed by atoms with Gasteiger partial charge in [0.15, 0.2) is 4.96 Å². The predicted molar refractivity (Wildman–Crippen MR) is 97.4 cm³/mol. The number of thiazole rings is 1. The SMILES string of the molecule is O=C(OCc1cc(=O)n2c(n1)sc1ccccc12)c1cccc(Cl)c1. The van der Waals surface area contributed by atoms with E-state index in [9.17, 15) is 9.59 Å². The number of hydrogen-bond acceptors (Lipinski definition) is 5. The summed E-state index contributed by atoms with van der Waals surface area (Å²) in [6.07, 6.45) is 0. The van der Waals surface area contributed by atoms with E-state index in [1.807, 2.05) is 24.3 Å². The van der Waals surface area contributed by atoms with Crippen LogP contribution in [0.25, 0.3) is 15.2 Å². The van der Waals surface area contributed by atoms with Gasteiger partial charge in [0.05, 0.1) is 21.5 Å². The lowest BCUT2D eigenvalue weighted by molar-refractivity contribution is 0.0468. The molecule has 124 valence electrons. The van der Waals surface area contributed by atoms with Gasteiger partial charge in [0.1, 0.15) is 6.61 Å². The topological polar surface area (TPSA) is 60.7 Å². The van der Waals surface area contributed by atoms with Gasteiger partial charge in [-0.25, -0.2) is 9.78 Å². The third-order valence-corrected chi connectivity index (χ3v) is 4.92. The Morgan fingerprint density at radius 3 is 2.84 bits per heavy atom. The van der Waals surface area contributed by atoms with Crippen LogP contribution in [0.15, 0.2) is 59.4 Å². The summed E-state index contributed by atoms with van der Waals surface area (Å²) in [7, 11) is 0. The second-order valence-electron chi connectivity index (χ2n) is 5.36. The van der Waals surface area contributed by atoms with Gasteiger partial charge in [-0.3, -0.25) is 9.20 Å². The molecule has 0 aliphatic heterocycles. The summed E-state index contributed by atoms with van der Waals surface area (Å²) in [6.45, 7) is -0.0780. The molecule has 0 fully saturated rings. The van der Waals surface area contributed by atoms with Crippen molar-refractivity contribution in [3.63, 3.8) is 0 Å². The standard InChI is InChI=1S/C18H11ClN2O3S/c19-12-5-3-4-11(8-12)17(23)24-10-13-9-16(22)21-14-6-1-2-7-15(14)25-18(21)20-13/h1-9H,10H2. The summed E-state index contributed by atoms with van der Waals surface area (Å²) in [5.41, 5.74) is 1.39.